The number of carbonyl (C=O) groups is 1. The quantitative estimate of drug-likeness (QED) is 0.216. The molecule has 0 amide bonds. The van der Waals surface area contributed by atoms with Gasteiger partial charge in [-0.2, -0.15) is 0 Å². The molecule has 172 valence electrons. The third kappa shape index (κ3) is 9.32. The predicted octanol–water partition coefficient (Wildman–Crippen LogP) is 5.46. The Morgan fingerprint density at radius 1 is 1.13 bits per heavy atom. The second-order valence-corrected chi connectivity index (χ2v) is 8.90. The zero-order chi connectivity index (χ0) is 21.8. The van der Waals surface area contributed by atoms with Crippen molar-refractivity contribution in [2.24, 2.45) is 5.92 Å². The summed E-state index contributed by atoms with van der Waals surface area (Å²) in [4.78, 5) is 11.6. The smallest absolute Gasteiger partial charge is 0.306 e. The molecule has 30 heavy (non-hydrogen) atoms. The molecule has 5 heteroatoms. The predicted molar refractivity (Wildman–Crippen MR) is 119 cm³/mol. The topological polar surface area (TPSA) is 65.0 Å². The van der Waals surface area contributed by atoms with Crippen LogP contribution < -0.4 is 0 Å². The van der Waals surface area contributed by atoms with Crippen LogP contribution in [0.4, 0.5) is 0 Å². The highest BCUT2D eigenvalue weighted by Crippen LogP contribution is 2.40. The molecular formula is C25H42O5. The minimum Gasteiger partial charge on any atom is -0.463 e. The fourth-order valence-electron chi connectivity index (χ4n) is 4.05. The van der Waals surface area contributed by atoms with Gasteiger partial charge in [-0.15, -0.1) is 0 Å². The fraction of sp³-hybridized carbons (Fsp3) is 0.800. The zero-order valence-corrected chi connectivity index (χ0v) is 19.1. The van der Waals surface area contributed by atoms with E-state index in [9.17, 15) is 9.90 Å². The number of allylic oxidation sites excluding steroid dienone is 2. The Hall–Kier alpha value is -1.17. The average molecular weight is 423 g/mol. The summed E-state index contributed by atoms with van der Waals surface area (Å²) in [5, 5.41) is 10.2. The molecule has 5 nitrogen and oxygen atoms in total. The van der Waals surface area contributed by atoms with Crippen LogP contribution in [0.3, 0.4) is 0 Å². The van der Waals surface area contributed by atoms with E-state index in [1.54, 1.807) is 0 Å². The van der Waals surface area contributed by atoms with Crippen molar-refractivity contribution in [2.75, 3.05) is 0 Å². The first kappa shape index (κ1) is 25.1. The van der Waals surface area contributed by atoms with Crippen molar-refractivity contribution in [2.45, 2.75) is 122 Å². The van der Waals surface area contributed by atoms with Crippen molar-refractivity contribution in [1.82, 2.24) is 0 Å². The van der Waals surface area contributed by atoms with Crippen molar-refractivity contribution >= 4 is 5.97 Å². The van der Waals surface area contributed by atoms with E-state index in [4.69, 9.17) is 14.2 Å². The van der Waals surface area contributed by atoms with Crippen LogP contribution in [-0.2, 0) is 19.0 Å². The number of carbonyl (C=O) groups excluding carboxylic acids is 1. The first-order valence-corrected chi connectivity index (χ1v) is 12.0. The highest BCUT2D eigenvalue weighted by Gasteiger charge is 2.46. The SMILES string of the molecule is CCCCCCC[C@H](O)/C=C/[C@H]1O[C@@H]2C[C@@H](O2)[C@@H]1C/C=C\CCCC(=O)OC(C)C. The number of esters is 1. The van der Waals surface area contributed by atoms with Gasteiger partial charge in [0.1, 0.15) is 0 Å². The van der Waals surface area contributed by atoms with Gasteiger partial charge in [-0.3, -0.25) is 4.79 Å². The van der Waals surface area contributed by atoms with Gasteiger partial charge in [-0.25, -0.2) is 0 Å². The second-order valence-electron chi connectivity index (χ2n) is 8.90. The van der Waals surface area contributed by atoms with Gasteiger partial charge in [0.05, 0.1) is 24.4 Å². The van der Waals surface area contributed by atoms with Gasteiger partial charge in [0, 0.05) is 18.8 Å². The van der Waals surface area contributed by atoms with Gasteiger partial charge in [-0.1, -0.05) is 63.3 Å². The van der Waals surface area contributed by atoms with Gasteiger partial charge in [0.2, 0.25) is 0 Å². The number of unbranched alkanes of at least 4 members (excludes halogenated alkanes) is 5. The second kappa shape index (κ2) is 14.0. The van der Waals surface area contributed by atoms with Gasteiger partial charge in [0.25, 0.3) is 0 Å². The molecular weight excluding hydrogens is 380 g/mol. The maximum atomic E-state index is 11.6. The Labute approximate surface area is 182 Å². The van der Waals surface area contributed by atoms with Crippen LogP contribution in [0.25, 0.3) is 0 Å². The molecule has 5 atom stereocenters. The van der Waals surface area contributed by atoms with E-state index in [-0.39, 0.29) is 36.5 Å². The summed E-state index contributed by atoms with van der Waals surface area (Å²) in [6.07, 6.45) is 18.8. The molecule has 3 fully saturated rings. The van der Waals surface area contributed by atoms with Crippen molar-refractivity contribution in [3.05, 3.63) is 24.3 Å². The van der Waals surface area contributed by atoms with Gasteiger partial charge in [-0.05, 0) is 39.5 Å². The third-order valence-corrected chi connectivity index (χ3v) is 5.78. The summed E-state index contributed by atoms with van der Waals surface area (Å²) >= 11 is 0. The van der Waals surface area contributed by atoms with E-state index in [2.05, 4.69) is 19.1 Å². The van der Waals surface area contributed by atoms with Crippen molar-refractivity contribution in [3.8, 4) is 0 Å². The van der Waals surface area contributed by atoms with E-state index in [1.165, 1.54) is 25.7 Å². The standard InChI is InChI=1S/C25H42O5/c1-4-5-6-7-10-13-20(26)16-17-22-21(23-18-25(29-22)30-23)14-11-8-9-12-15-24(27)28-19(2)3/h8,11,16-17,19-23,25-26H,4-7,9-10,12-15,18H2,1-3H3/b11-8-,17-16+/t20-,21+,22+,23+,25-/m0/s1. The van der Waals surface area contributed by atoms with Crippen LogP contribution in [0, 0.1) is 5.92 Å². The Bertz CT molecular complexity index is 536. The molecule has 3 aliphatic heterocycles. The maximum absolute atomic E-state index is 11.6. The summed E-state index contributed by atoms with van der Waals surface area (Å²) in [5.74, 6) is 0.160. The molecule has 3 rings (SSSR count). The number of hydrogen-bond donors (Lipinski definition) is 1. The molecule has 0 saturated carbocycles. The summed E-state index contributed by atoms with van der Waals surface area (Å²) in [5.41, 5.74) is 0. The van der Waals surface area contributed by atoms with E-state index in [1.807, 2.05) is 26.0 Å². The first-order valence-electron chi connectivity index (χ1n) is 12.0. The fourth-order valence-corrected chi connectivity index (χ4v) is 4.05. The zero-order valence-electron chi connectivity index (χ0n) is 19.1. The van der Waals surface area contributed by atoms with Crippen molar-refractivity contribution < 1.29 is 24.1 Å². The van der Waals surface area contributed by atoms with E-state index in [0.717, 1.165) is 38.5 Å². The lowest BCUT2D eigenvalue weighted by molar-refractivity contribution is -0.337. The minimum absolute atomic E-state index is 0.00270. The Morgan fingerprint density at radius 3 is 2.63 bits per heavy atom. The number of aliphatic hydroxyl groups is 1. The maximum Gasteiger partial charge on any atom is 0.306 e. The number of aliphatic hydroxyl groups excluding tert-OH is 1. The molecule has 0 unspecified atom stereocenters. The summed E-state index contributed by atoms with van der Waals surface area (Å²) in [6.45, 7) is 5.95. The monoisotopic (exact) mass is 422 g/mol. The molecule has 3 saturated heterocycles. The van der Waals surface area contributed by atoms with E-state index >= 15 is 0 Å². The molecule has 0 aromatic carbocycles. The Kier molecular flexibility index (Phi) is 11.7. The largest absolute Gasteiger partial charge is 0.463 e. The third-order valence-electron chi connectivity index (χ3n) is 5.78. The van der Waals surface area contributed by atoms with Crippen LogP contribution >= 0.6 is 0 Å². The molecule has 2 bridgehead atoms. The van der Waals surface area contributed by atoms with Crippen molar-refractivity contribution in [3.63, 3.8) is 0 Å². The van der Waals surface area contributed by atoms with Gasteiger partial charge < -0.3 is 19.3 Å². The molecule has 0 spiro atoms. The molecule has 0 aromatic heterocycles. The number of rotatable bonds is 15. The van der Waals surface area contributed by atoms with Gasteiger partial charge >= 0.3 is 5.97 Å². The van der Waals surface area contributed by atoms with Crippen LogP contribution in [0.2, 0.25) is 0 Å². The number of fused-ring (bicyclic) bond motifs is 2. The van der Waals surface area contributed by atoms with Crippen LogP contribution in [0.15, 0.2) is 24.3 Å². The first-order chi connectivity index (χ1) is 14.5. The van der Waals surface area contributed by atoms with Gasteiger partial charge in [0.15, 0.2) is 6.29 Å². The molecule has 1 N–H and O–H groups in total. The molecule has 0 aromatic rings. The van der Waals surface area contributed by atoms with Crippen LogP contribution in [0.5, 0.6) is 0 Å². The van der Waals surface area contributed by atoms with Crippen LogP contribution in [0.1, 0.15) is 91.4 Å². The highest BCUT2D eigenvalue weighted by molar-refractivity contribution is 5.69. The summed E-state index contributed by atoms with van der Waals surface area (Å²) in [7, 11) is 0. The Morgan fingerprint density at radius 2 is 1.90 bits per heavy atom. The lowest BCUT2D eigenvalue weighted by Crippen LogP contribution is -2.55. The highest BCUT2D eigenvalue weighted by atomic mass is 16.7. The van der Waals surface area contributed by atoms with Crippen LogP contribution in [-0.4, -0.2) is 41.8 Å². The summed E-state index contributed by atoms with van der Waals surface area (Å²) in [6, 6.07) is 0. The molecule has 3 aliphatic rings. The summed E-state index contributed by atoms with van der Waals surface area (Å²) < 4.78 is 16.9. The molecule has 3 heterocycles. The average Bonchev–Trinajstić information content (AvgIpc) is 2.67. The van der Waals surface area contributed by atoms with E-state index in [0.29, 0.717) is 6.42 Å². The minimum atomic E-state index is -0.392. The van der Waals surface area contributed by atoms with Crippen molar-refractivity contribution in [1.29, 1.82) is 0 Å². The lowest BCUT2D eigenvalue weighted by Gasteiger charge is -2.49. The molecule has 0 aliphatic carbocycles. The lowest BCUT2D eigenvalue weighted by atomic mass is 9.84. The normalized spacial score (nSPS) is 27.0. The Balaban J connectivity index is 1.68. The number of ether oxygens (including phenoxy) is 3. The number of hydrogen-bond acceptors (Lipinski definition) is 5. The molecule has 0 radical (unpaired) electrons. The van der Waals surface area contributed by atoms with E-state index < -0.39 is 6.10 Å².